The molecule has 8 rings (SSSR count). The van der Waals surface area contributed by atoms with Crippen molar-refractivity contribution in [2.75, 3.05) is 13.1 Å². The van der Waals surface area contributed by atoms with Gasteiger partial charge in [-0.05, 0) is 110 Å². The molecule has 2 aliphatic carbocycles. The molecule has 2 aliphatic heterocycles. The van der Waals surface area contributed by atoms with E-state index in [1.54, 1.807) is 5.56 Å². The number of nitrogens with one attached hydrogen (secondary N) is 4. The first kappa shape index (κ1) is 25.1. The molecule has 4 N–H and O–H groups in total. The van der Waals surface area contributed by atoms with Crippen LogP contribution >= 0.6 is 0 Å². The molecule has 208 valence electrons. The monoisotopic (exact) mass is 542 g/mol. The number of hydrogen-bond acceptors (Lipinski definition) is 4. The van der Waals surface area contributed by atoms with Crippen LogP contribution in [0.4, 0.5) is 0 Å². The molecule has 1 unspecified atom stereocenters. The first-order valence-corrected chi connectivity index (χ1v) is 15.6. The summed E-state index contributed by atoms with van der Waals surface area (Å²) in [6.45, 7) is 2.14. The summed E-state index contributed by atoms with van der Waals surface area (Å²) < 4.78 is 0. The summed E-state index contributed by atoms with van der Waals surface area (Å²) >= 11 is 0. The van der Waals surface area contributed by atoms with Gasteiger partial charge < -0.3 is 20.6 Å². The second kappa shape index (κ2) is 10.3. The van der Waals surface area contributed by atoms with Gasteiger partial charge in [0, 0.05) is 5.56 Å². The number of rotatable bonds is 4. The van der Waals surface area contributed by atoms with Crippen LogP contribution in [-0.4, -0.2) is 33.0 Å². The maximum absolute atomic E-state index is 4.68. The molecule has 0 amide bonds. The van der Waals surface area contributed by atoms with Gasteiger partial charge in [-0.25, -0.2) is 9.97 Å². The molecule has 41 heavy (non-hydrogen) atoms. The summed E-state index contributed by atoms with van der Waals surface area (Å²) in [5.41, 5.74) is 10.4. The Morgan fingerprint density at radius 2 is 1.41 bits per heavy atom. The SMILES string of the molecule is C(#Cc1ccc(-c2ccc(-c3cnc([C@@H]4CCCN4)[nH]3)cc2)c2c1CCC21CCCC1)c1cnc(C2CCCN2)[nH]1. The third kappa shape index (κ3) is 4.52. The fourth-order valence-corrected chi connectivity index (χ4v) is 7.95. The van der Waals surface area contributed by atoms with Crippen LogP contribution in [0.15, 0.2) is 48.8 Å². The molecule has 2 atom stereocenters. The van der Waals surface area contributed by atoms with Crippen molar-refractivity contribution in [2.24, 2.45) is 0 Å². The van der Waals surface area contributed by atoms with E-state index < -0.39 is 0 Å². The topological polar surface area (TPSA) is 81.4 Å². The van der Waals surface area contributed by atoms with Crippen molar-refractivity contribution in [1.82, 2.24) is 30.6 Å². The van der Waals surface area contributed by atoms with E-state index in [1.807, 2.05) is 12.4 Å². The van der Waals surface area contributed by atoms with Gasteiger partial charge in [0.2, 0.25) is 0 Å². The number of aromatic nitrogens is 4. The van der Waals surface area contributed by atoms with E-state index in [0.717, 1.165) is 55.4 Å². The van der Waals surface area contributed by atoms with Crippen molar-refractivity contribution in [3.8, 4) is 34.2 Å². The van der Waals surface area contributed by atoms with E-state index in [4.69, 9.17) is 0 Å². The van der Waals surface area contributed by atoms with Crippen LogP contribution in [-0.2, 0) is 11.8 Å². The molecule has 4 aliphatic rings. The standard InChI is InChI=1S/C35H38N6/c1-2-17-35(16-1)18-15-28-24(11-13-26-21-38-33(40-26)29-5-3-19-36-29)12-14-27(32(28)35)23-7-9-25(10-8-23)31-22-39-34(41-31)30-6-4-20-37-30/h7-10,12,14,21-22,29-30,36-37H,1-6,15-20H2,(H,38,40)(H,39,41)/t29?,30-/m0/s1. The highest BCUT2D eigenvalue weighted by molar-refractivity contribution is 5.76. The number of fused-ring (bicyclic) bond motifs is 2. The van der Waals surface area contributed by atoms with Gasteiger partial charge in [0.05, 0.1) is 30.2 Å². The van der Waals surface area contributed by atoms with Gasteiger partial charge >= 0.3 is 0 Å². The lowest BCUT2D eigenvalue weighted by atomic mass is 9.76. The predicted octanol–water partition coefficient (Wildman–Crippen LogP) is 6.47. The highest BCUT2D eigenvalue weighted by Crippen LogP contribution is 2.54. The second-order valence-corrected chi connectivity index (χ2v) is 12.5. The molecule has 6 heteroatoms. The van der Waals surface area contributed by atoms with Crippen molar-refractivity contribution in [3.63, 3.8) is 0 Å². The highest BCUT2D eigenvalue weighted by Gasteiger charge is 2.43. The van der Waals surface area contributed by atoms with Gasteiger partial charge in [-0.3, -0.25) is 0 Å². The lowest BCUT2D eigenvalue weighted by molar-refractivity contribution is 0.440. The normalized spacial score (nSPS) is 22.7. The Morgan fingerprint density at radius 1 is 0.707 bits per heavy atom. The Balaban J connectivity index is 1.11. The molecule has 2 aromatic heterocycles. The van der Waals surface area contributed by atoms with Crippen molar-refractivity contribution >= 4 is 0 Å². The number of aromatic amines is 2. The molecule has 0 bridgehead atoms. The van der Waals surface area contributed by atoms with Crippen LogP contribution in [0, 0.1) is 11.8 Å². The van der Waals surface area contributed by atoms with Gasteiger partial charge in [-0.15, -0.1) is 0 Å². The number of H-pyrrole nitrogens is 2. The van der Waals surface area contributed by atoms with Crippen molar-refractivity contribution in [3.05, 3.63) is 82.8 Å². The van der Waals surface area contributed by atoms with Crippen molar-refractivity contribution < 1.29 is 0 Å². The molecule has 1 spiro atoms. The summed E-state index contributed by atoms with van der Waals surface area (Å²) in [6, 6.07) is 14.4. The number of imidazole rings is 2. The average molecular weight is 543 g/mol. The fraction of sp³-hybridized carbons (Fsp3) is 0.429. The van der Waals surface area contributed by atoms with Crippen LogP contribution in [0.2, 0.25) is 0 Å². The Labute approximate surface area is 242 Å². The zero-order chi connectivity index (χ0) is 27.2. The first-order chi connectivity index (χ1) is 20.3. The Hall–Kier alpha value is -3.66. The Kier molecular flexibility index (Phi) is 6.31. The molecule has 4 aromatic rings. The van der Waals surface area contributed by atoms with E-state index in [1.165, 1.54) is 72.8 Å². The third-order valence-electron chi connectivity index (χ3n) is 10.1. The van der Waals surface area contributed by atoms with Crippen LogP contribution < -0.4 is 10.6 Å². The minimum Gasteiger partial charge on any atom is -0.341 e. The third-order valence-corrected chi connectivity index (χ3v) is 10.1. The van der Waals surface area contributed by atoms with E-state index in [2.05, 4.69) is 78.8 Å². The molecule has 1 saturated carbocycles. The molecule has 0 radical (unpaired) electrons. The maximum Gasteiger partial charge on any atom is 0.124 e. The van der Waals surface area contributed by atoms with E-state index in [9.17, 15) is 0 Å². The van der Waals surface area contributed by atoms with Crippen molar-refractivity contribution in [2.45, 2.75) is 81.7 Å². The fourth-order valence-electron chi connectivity index (χ4n) is 7.95. The lowest BCUT2D eigenvalue weighted by Gasteiger charge is -2.27. The molecule has 2 saturated heterocycles. The smallest absolute Gasteiger partial charge is 0.124 e. The van der Waals surface area contributed by atoms with E-state index in [0.29, 0.717) is 17.5 Å². The molecule has 3 fully saturated rings. The van der Waals surface area contributed by atoms with E-state index in [-0.39, 0.29) is 0 Å². The summed E-state index contributed by atoms with van der Waals surface area (Å²) in [5.74, 6) is 9.03. The summed E-state index contributed by atoms with van der Waals surface area (Å²) in [7, 11) is 0. The van der Waals surface area contributed by atoms with Crippen LogP contribution in [0.25, 0.3) is 22.4 Å². The zero-order valence-electron chi connectivity index (χ0n) is 23.7. The highest BCUT2D eigenvalue weighted by atomic mass is 15.0. The molecular formula is C35H38N6. The Bertz CT molecular complexity index is 1610. The van der Waals surface area contributed by atoms with Gasteiger partial charge in [0.1, 0.15) is 17.3 Å². The summed E-state index contributed by atoms with van der Waals surface area (Å²) in [6.07, 6.45) is 16.2. The zero-order valence-corrected chi connectivity index (χ0v) is 23.7. The second-order valence-electron chi connectivity index (χ2n) is 12.5. The number of benzene rings is 2. The molecule has 6 nitrogen and oxygen atoms in total. The number of hydrogen-bond donors (Lipinski definition) is 4. The maximum atomic E-state index is 4.68. The molecular weight excluding hydrogens is 504 g/mol. The van der Waals surface area contributed by atoms with Crippen LogP contribution in [0.3, 0.4) is 0 Å². The minimum atomic E-state index is 0.308. The van der Waals surface area contributed by atoms with Gasteiger partial charge in [-0.1, -0.05) is 49.1 Å². The van der Waals surface area contributed by atoms with Gasteiger partial charge in [-0.2, -0.15) is 0 Å². The van der Waals surface area contributed by atoms with Crippen LogP contribution in [0.5, 0.6) is 0 Å². The largest absolute Gasteiger partial charge is 0.341 e. The van der Waals surface area contributed by atoms with Crippen molar-refractivity contribution in [1.29, 1.82) is 0 Å². The average Bonchev–Trinajstić information content (AvgIpc) is 3.84. The van der Waals surface area contributed by atoms with Gasteiger partial charge in [0.15, 0.2) is 0 Å². The summed E-state index contributed by atoms with van der Waals surface area (Å²) in [5, 5.41) is 7.06. The summed E-state index contributed by atoms with van der Waals surface area (Å²) in [4.78, 5) is 16.3. The van der Waals surface area contributed by atoms with Gasteiger partial charge in [0.25, 0.3) is 0 Å². The Morgan fingerprint density at radius 3 is 2.15 bits per heavy atom. The lowest BCUT2D eigenvalue weighted by Crippen LogP contribution is -2.19. The molecule has 4 heterocycles. The van der Waals surface area contributed by atoms with Crippen LogP contribution in [0.1, 0.15) is 104 Å². The number of nitrogens with zero attached hydrogens (tertiary/aromatic N) is 2. The predicted molar refractivity (Wildman–Crippen MR) is 162 cm³/mol. The minimum absolute atomic E-state index is 0.308. The quantitative estimate of drug-likeness (QED) is 0.223. The molecule has 2 aromatic carbocycles. The first-order valence-electron chi connectivity index (χ1n) is 15.6. The van der Waals surface area contributed by atoms with E-state index >= 15 is 0 Å².